The summed E-state index contributed by atoms with van der Waals surface area (Å²) in [4.78, 5) is 25.2. The molecule has 4 heterocycles. The third-order valence-electron chi connectivity index (χ3n) is 5.39. The van der Waals surface area contributed by atoms with Crippen molar-refractivity contribution in [1.29, 1.82) is 0 Å². The summed E-state index contributed by atoms with van der Waals surface area (Å²) in [5, 5.41) is 8.37. The van der Waals surface area contributed by atoms with Crippen LogP contribution in [0.25, 0.3) is 0 Å². The molecule has 0 aliphatic carbocycles. The molecule has 9 nitrogen and oxygen atoms in total. The summed E-state index contributed by atoms with van der Waals surface area (Å²) in [5.74, 6) is 1.19. The Labute approximate surface area is 158 Å². The van der Waals surface area contributed by atoms with Gasteiger partial charge in [-0.05, 0) is 39.0 Å². The minimum Gasteiger partial charge on any atom is -0.368 e. The number of piperidine rings is 2. The molecule has 2 aromatic heterocycles. The van der Waals surface area contributed by atoms with Crippen LogP contribution in [0.4, 0.5) is 11.8 Å². The Hall–Kier alpha value is -2.71. The van der Waals surface area contributed by atoms with Crippen LogP contribution in [0.5, 0.6) is 0 Å². The first kappa shape index (κ1) is 17.7. The van der Waals surface area contributed by atoms with Crippen molar-refractivity contribution in [1.82, 2.24) is 29.9 Å². The number of rotatable bonds is 3. The first-order chi connectivity index (χ1) is 13.1. The molecule has 2 fully saturated rings. The first-order valence-corrected chi connectivity index (χ1v) is 9.67. The van der Waals surface area contributed by atoms with Crippen molar-refractivity contribution < 1.29 is 4.79 Å². The first-order valence-electron chi connectivity index (χ1n) is 9.67. The van der Waals surface area contributed by atoms with Crippen LogP contribution in [-0.2, 0) is 0 Å². The number of nitrogens with zero attached hydrogens (tertiary/aromatic N) is 7. The molecule has 0 aromatic carbocycles. The van der Waals surface area contributed by atoms with Gasteiger partial charge in [0.25, 0.3) is 5.91 Å². The van der Waals surface area contributed by atoms with E-state index < -0.39 is 0 Å². The van der Waals surface area contributed by atoms with E-state index in [9.17, 15) is 4.79 Å². The Kier molecular flexibility index (Phi) is 4.91. The fraction of sp³-hybridized carbons (Fsp3) is 0.611. The number of nitrogens with two attached hydrogens (primary N) is 1. The van der Waals surface area contributed by atoms with E-state index >= 15 is 0 Å². The summed E-state index contributed by atoms with van der Waals surface area (Å²) in [5.41, 5.74) is 7.10. The molecule has 1 amide bonds. The second-order valence-corrected chi connectivity index (χ2v) is 7.38. The lowest BCUT2D eigenvalue weighted by molar-refractivity contribution is 0.0718. The number of hydrogen-bond donors (Lipinski definition) is 1. The quantitative estimate of drug-likeness (QED) is 0.871. The number of aromatic nitrogens is 5. The van der Waals surface area contributed by atoms with Gasteiger partial charge in [0, 0.05) is 37.9 Å². The molecule has 0 saturated carbocycles. The Morgan fingerprint density at radius 1 is 1.11 bits per heavy atom. The van der Waals surface area contributed by atoms with Crippen LogP contribution in [0, 0.1) is 6.92 Å². The monoisotopic (exact) mass is 370 g/mol. The molecule has 2 aliphatic rings. The van der Waals surface area contributed by atoms with Gasteiger partial charge in [-0.2, -0.15) is 4.98 Å². The Morgan fingerprint density at radius 2 is 1.85 bits per heavy atom. The highest BCUT2D eigenvalue weighted by Gasteiger charge is 2.25. The minimum absolute atomic E-state index is 0.00493. The molecule has 27 heavy (non-hydrogen) atoms. The van der Waals surface area contributed by atoms with Gasteiger partial charge in [-0.25, -0.2) is 9.67 Å². The van der Waals surface area contributed by atoms with Gasteiger partial charge >= 0.3 is 0 Å². The maximum absolute atomic E-state index is 12.6. The predicted octanol–water partition coefficient (Wildman–Crippen LogP) is 1.43. The van der Waals surface area contributed by atoms with Crippen LogP contribution in [-0.4, -0.2) is 61.9 Å². The van der Waals surface area contributed by atoms with Crippen LogP contribution < -0.4 is 10.6 Å². The SMILES string of the molecule is Cc1cc(N2CCC(n3cc(C(=O)N4CCCCC4)nn3)CC2)nc(N)n1. The summed E-state index contributed by atoms with van der Waals surface area (Å²) in [6, 6.07) is 2.21. The van der Waals surface area contributed by atoms with Gasteiger partial charge in [-0.1, -0.05) is 5.21 Å². The normalized spacial score (nSPS) is 18.7. The molecule has 9 heteroatoms. The van der Waals surface area contributed by atoms with Gasteiger partial charge in [0.1, 0.15) is 5.82 Å². The molecule has 2 aliphatic heterocycles. The van der Waals surface area contributed by atoms with Crippen LogP contribution in [0.2, 0.25) is 0 Å². The zero-order chi connectivity index (χ0) is 18.8. The van der Waals surface area contributed by atoms with E-state index in [1.807, 2.05) is 28.8 Å². The molecule has 0 unspecified atom stereocenters. The average Bonchev–Trinajstić information content (AvgIpc) is 3.18. The Bertz CT molecular complexity index is 785. The third-order valence-corrected chi connectivity index (χ3v) is 5.39. The zero-order valence-electron chi connectivity index (χ0n) is 15.7. The molecule has 0 spiro atoms. The molecule has 0 bridgehead atoms. The topological polar surface area (TPSA) is 106 Å². The van der Waals surface area contributed by atoms with Crippen molar-refractivity contribution in [2.75, 3.05) is 36.8 Å². The molecule has 2 aromatic rings. The summed E-state index contributed by atoms with van der Waals surface area (Å²) in [7, 11) is 0. The van der Waals surface area contributed by atoms with Gasteiger partial charge in [-0.15, -0.1) is 5.10 Å². The number of hydrogen-bond acceptors (Lipinski definition) is 7. The van der Waals surface area contributed by atoms with Gasteiger partial charge in [0.15, 0.2) is 5.69 Å². The molecule has 144 valence electrons. The predicted molar refractivity (Wildman–Crippen MR) is 101 cm³/mol. The highest BCUT2D eigenvalue weighted by atomic mass is 16.2. The number of carbonyl (C=O) groups excluding carboxylic acids is 1. The maximum atomic E-state index is 12.6. The minimum atomic E-state index is 0.00493. The molecular formula is C18H26N8O. The Balaban J connectivity index is 1.38. The summed E-state index contributed by atoms with van der Waals surface area (Å²) in [6.45, 7) is 5.29. The van der Waals surface area contributed by atoms with Gasteiger partial charge < -0.3 is 15.5 Å². The van der Waals surface area contributed by atoms with E-state index in [4.69, 9.17) is 5.73 Å². The van der Waals surface area contributed by atoms with Gasteiger partial charge in [0.05, 0.1) is 12.2 Å². The summed E-state index contributed by atoms with van der Waals surface area (Å²) in [6.07, 6.45) is 7.00. The molecule has 4 rings (SSSR count). The fourth-order valence-electron chi connectivity index (χ4n) is 3.91. The highest BCUT2D eigenvalue weighted by Crippen LogP contribution is 2.26. The Morgan fingerprint density at radius 3 is 2.56 bits per heavy atom. The largest absolute Gasteiger partial charge is 0.368 e. The number of anilines is 2. The second-order valence-electron chi connectivity index (χ2n) is 7.38. The van der Waals surface area contributed by atoms with Crippen LogP contribution >= 0.6 is 0 Å². The summed E-state index contributed by atoms with van der Waals surface area (Å²) >= 11 is 0. The third kappa shape index (κ3) is 3.86. The van der Waals surface area contributed by atoms with Crippen LogP contribution in [0.3, 0.4) is 0 Å². The standard InChI is InChI=1S/C18H26N8O/c1-13-11-16(21-18(19)20-13)24-9-5-14(6-10-24)26-12-15(22-23-26)17(27)25-7-3-2-4-8-25/h11-12,14H,2-10H2,1H3,(H2,19,20,21). The summed E-state index contributed by atoms with van der Waals surface area (Å²) < 4.78 is 1.86. The lowest BCUT2D eigenvalue weighted by Gasteiger charge is -2.32. The van der Waals surface area contributed by atoms with E-state index in [1.54, 1.807) is 0 Å². The van der Waals surface area contributed by atoms with Gasteiger partial charge in [-0.3, -0.25) is 4.79 Å². The van der Waals surface area contributed by atoms with E-state index in [-0.39, 0.29) is 11.9 Å². The smallest absolute Gasteiger partial charge is 0.276 e. The lowest BCUT2D eigenvalue weighted by atomic mass is 10.1. The number of nitrogen functional groups attached to an aromatic ring is 1. The van der Waals surface area contributed by atoms with E-state index in [1.165, 1.54) is 6.42 Å². The molecule has 2 saturated heterocycles. The van der Waals surface area contributed by atoms with Crippen molar-refractivity contribution in [3.05, 3.63) is 23.7 Å². The molecule has 0 radical (unpaired) electrons. The van der Waals surface area contributed by atoms with Crippen molar-refractivity contribution in [3.8, 4) is 0 Å². The zero-order valence-corrected chi connectivity index (χ0v) is 15.7. The van der Waals surface area contributed by atoms with Crippen LogP contribution in [0.1, 0.15) is 54.3 Å². The number of carbonyl (C=O) groups is 1. The molecule has 0 atom stereocenters. The molecular weight excluding hydrogens is 344 g/mol. The van der Waals surface area contributed by atoms with E-state index in [0.717, 1.165) is 63.4 Å². The maximum Gasteiger partial charge on any atom is 0.276 e. The van der Waals surface area contributed by atoms with Crippen molar-refractivity contribution >= 4 is 17.7 Å². The number of likely N-dealkylation sites (tertiary alicyclic amines) is 1. The number of aryl methyl sites for hydroxylation is 1. The molecule has 2 N–H and O–H groups in total. The van der Waals surface area contributed by atoms with Crippen molar-refractivity contribution in [2.45, 2.75) is 45.1 Å². The van der Waals surface area contributed by atoms with Crippen molar-refractivity contribution in [2.24, 2.45) is 0 Å². The second kappa shape index (κ2) is 7.50. The van der Waals surface area contributed by atoms with E-state index in [2.05, 4.69) is 25.2 Å². The van der Waals surface area contributed by atoms with Crippen molar-refractivity contribution in [3.63, 3.8) is 0 Å². The average molecular weight is 370 g/mol. The highest BCUT2D eigenvalue weighted by molar-refractivity contribution is 5.91. The number of amides is 1. The lowest BCUT2D eigenvalue weighted by Crippen LogP contribution is -2.36. The van der Waals surface area contributed by atoms with Gasteiger partial charge in [0.2, 0.25) is 5.95 Å². The van der Waals surface area contributed by atoms with Crippen LogP contribution in [0.15, 0.2) is 12.3 Å². The fourth-order valence-corrected chi connectivity index (χ4v) is 3.91. The van der Waals surface area contributed by atoms with E-state index in [0.29, 0.717) is 11.6 Å².